The third-order valence-corrected chi connectivity index (χ3v) is 12.0. The number of allylic oxidation sites excluding steroid dienone is 2. The molecule has 8 atom stereocenters. The Morgan fingerprint density at radius 1 is 1.09 bits per heavy atom. The Kier molecular flexibility index (Phi) is 7.13. The van der Waals surface area contributed by atoms with Crippen molar-refractivity contribution in [2.75, 3.05) is 7.11 Å². The highest BCUT2D eigenvalue weighted by molar-refractivity contribution is 5.77. The van der Waals surface area contributed by atoms with Crippen molar-refractivity contribution >= 4 is 5.97 Å². The number of esters is 1. The van der Waals surface area contributed by atoms with E-state index in [4.69, 9.17) is 4.74 Å². The summed E-state index contributed by atoms with van der Waals surface area (Å²) >= 11 is 0. The average Bonchev–Trinajstić information content (AvgIpc) is 2.80. The van der Waals surface area contributed by atoms with Gasteiger partial charge < -0.3 is 9.84 Å². The van der Waals surface area contributed by atoms with Gasteiger partial charge in [-0.05, 0) is 104 Å². The van der Waals surface area contributed by atoms with E-state index in [1.165, 1.54) is 19.3 Å². The SMILES string of the molecule is CCC1(C)C2CC[C@@]3(C)C4CC[C@](CCCC(C)C)(C(=O)OC)CC4=CCC3C2(C)CC[C@@H]1O. The lowest BCUT2D eigenvalue weighted by molar-refractivity contribution is -0.191. The number of aliphatic hydroxyl groups is 1. The van der Waals surface area contributed by atoms with Crippen molar-refractivity contribution in [1.29, 1.82) is 0 Å². The fourth-order valence-electron chi connectivity index (χ4n) is 9.83. The number of ether oxygens (including phenoxy) is 1. The zero-order chi connectivity index (χ0) is 24.9. The molecule has 0 aliphatic heterocycles. The quantitative estimate of drug-likeness (QED) is 0.318. The molecule has 3 nitrogen and oxygen atoms in total. The Bertz CT molecular complexity index is 800. The largest absolute Gasteiger partial charge is 0.469 e. The molecule has 5 unspecified atom stereocenters. The van der Waals surface area contributed by atoms with Crippen molar-refractivity contribution in [2.45, 2.75) is 125 Å². The van der Waals surface area contributed by atoms with Crippen LogP contribution in [0.2, 0.25) is 0 Å². The first-order chi connectivity index (χ1) is 16.0. The highest BCUT2D eigenvalue weighted by Crippen LogP contribution is 2.70. The molecular weight excluding hydrogens is 420 g/mol. The lowest BCUT2D eigenvalue weighted by Crippen LogP contribution is -2.61. The van der Waals surface area contributed by atoms with Crippen LogP contribution in [0.25, 0.3) is 0 Å². The minimum atomic E-state index is -0.313. The summed E-state index contributed by atoms with van der Waals surface area (Å²) in [6.07, 6.45) is 15.5. The van der Waals surface area contributed by atoms with Gasteiger partial charge in [0.15, 0.2) is 0 Å². The Hall–Kier alpha value is -0.830. The fourth-order valence-corrected chi connectivity index (χ4v) is 9.83. The molecule has 0 heterocycles. The van der Waals surface area contributed by atoms with Gasteiger partial charge >= 0.3 is 5.97 Å². The van der Waals surface area contributed by atoms with Gasteiger partial charge in [-0.1, -0.05) is 66.0 Å². The van der Waals surface area contributed by atoms with Gasteiger partial charge in [0, 0.05) is 0 Å². The van der Waals surface area contributed by atoms with Crippen LogP contribution in [0, 0.1) is 45.3 Å². The maximum atomic E-state index is 13.1. The van der Waals surface area contributed by atoms with Gasteiger partial charge in [-0.25, -0.2) is 0 Å². The van der Waals surface area contributed by atoms with Crippen LogP contribution in [-0.4, -0.2) is 24.3 Å². The summed E-state index contributed by atoms with van der Waals surface area (Å²) in [5.41, 5.74) is 1.91. The van der Waals surface area contributed by atoms with Crippen LogP contribution in [-0.2, 0) is 9.53 Å². The standard InChI is InChI=1S/C31H52O3/c1-8-28(4)25-14-17-29(5)23-13-19-31(27(33)34-7,16-9-10-21(2)3)20-22(23)11-12-24(29)30(25,6)18-15-26(28)32/h11,21,23-26,32H,8-10,12-20H2,1-7H3/t23?,24?,25?,26-,28?,29-,30?,31-/m0/s1. The summed E-state index contributed by atoms with van der Waals surface area (Å²) in [5.74, 6) is 2.59. The molecule has 0 spiro atoms. The van der Waals surface area contributed by atoms with Gasteiger partial charge in [0.2, 0.25) is 0 Å². The van der Waals surface area contributed by atoms with Crippen LogP contribution in [0.1, 0.15) is 119 Å². The normalized spacial score (nSPS) is 46.2. The Morgan fingerprint density at radius 3 is 2.44 bits per heavy atom. The average molecular weight is 473 g/mol. The predicted molar refractivity (Wildman–Crippen MR) is 139 cm³/mol. The van der Waals surface area contributed by atoms with Crippen molar-refractivity contribution in [1.82, 2.24) is 0 Å². The van der Waals surface area contributed by atoms with Gasteiger partial charge in [0.25, 0.3) is 0 Å². The van der Waals surface area contributed by atoms with E-state index in [1.807, 2.05) is 0 Å². The van der Waals surface area contributed by atoms with Gasteiger partial charge in [-0.2, -0.15) is 0 Å². The summed E-state index contributed by atoms with van der Waals surface area (Å²) in [7, 11) is 1.58. The third-order valence-electron chi connectivity index (χ3n) is 12.0. The maximum absolute atomic E-state index is 13.1. The number of rotatable bonds is 6. The van der Waals surface area contributed by atoms with Crippen molar-refractivity contribution in [3.8, 4) is 0 Å². The van der Waals surface area contributed by atoms with E-state index in [0.717, 1.165) is 57.8 Å². The van der Waals surface area contributed by atoms with Crippen LogP contribution in [0.4, 0.5) is 0 Å². The molecule has 4 aliphatic carbocycles. The van der Waals surface area contributed by atoms with Crippen molar-refractivity contribution in [2.24, 2.45) is 45.3 Å². The highest BCUT2D eigenvalue weighted by Gasteiger charge is 2.64. The molecular formula is C31H52O3. The van der Waals surface area contributed by atoms with Crippen LogP contribution < -0.4 is 0 Å². The van der Waals surface area contributed by atoms with Gasteiger partial charge in [-0.3, -0.25) is 4.79 Å². The summed E-state index contributed by atoms with van der Waals surface area (Å²) in [5, 5.41) is 11.0. The fraction of sp³-hybridized carbons (Fsp3) is 0.903. The highest BCUT2D eigenvalue weighted by atomic mass is 16.5. The van der Waals surface area contributed by atoms with Gasteiger partial charge in [-0.15, -0.1) is 0 Å². The lowest BCUT2D eigenvalue weighted by atomic mass is 9.38. The molecule has 4 rings (SSSR count). The van der Waals surface area contributed by atoms with E-state index in [0.29, 0.717) is 34.5 Å². The molecule has 3 fully saturated rings. The summed E-state index contributed by atoms with van der Waals surface area (Å²) < 4.78 is 5.40. The molecule has 0 amide bonds. The first kappa shape index (κ1) is 26.2. The first-order valence-electron chi connectivity index (χ1n) is 14.4. The van der Waals surface area contributed by atoms with E-state index < -0.39 is 0 Å². The van der Waals surface area contributed by atoms with Gasteiger partial charge in [0.1, 0.15) is 0 Å². The zero-order valence-electron chi connectivity index (χ0n) is 23.2. The van der Waals surface area contributed by atoms with E-state index in [-0.39, 0.29) is 22.9 Å². The molecule has 194 valence electrons. The predicted octanol–water partition coefficient (Wildman–Crippen LogP) is 7.71. The second-order valence-corrected chi connectivity index (χ2v) is 13.9. The Balaban J connectivity index is 1.62. The van der Waals surface area contributed by atoms with Crippen molar-refractivity contribution in [3.63, 3.8) is 0 Å². The van der Waals surface area contributed by atoms with Crippen LogP contribution in [0.3, 0.4) is 0 Å². The molecule has 4 aliphatic rings. The second kappa shape index (κ2) is 9.24. The number of carbonyl (C=O) groups excluding carboxylic acids is 1. The minimum absolute atomic E-state index is 0.0264. The molecule has 0 bridgehead atoms. The maximum Gasteiger partial charge on any atom is 0.312 e. The molecule has 0 radical (unpaired) electrons. The first-order valence-corrected chi connectivity index (χ1v) is 14.4. The Morgan fingerprint density at radius 2 is 1.79 bits per heavy atom. The summed E-state index contributed by atoms with van der Waals surface area (Å²) in [4.78, 5) is 13.1. The molecule has 3 heteroatoms. The number of hydrogen-bond donors (Lipinski definition) is 1. The molecule has 34 heavy (non-hydrogen) atoms. The molecule has 3 saturated carbocycles. The van der Waals surface area contributed by atoms with Gasteiger partial charge in [0.05, 0.1) is 18.6 Å². The van der Waals surface area contributed by atoms with E-state index in [1.54, 1.807) is 12.7 Å². The second-order valence-electron chi connectivity index (χ2n) is 13.9. The van der Waals surface area contributed by atoms with Crippen LogP contribution in [0.5, 0.6) is 0 Å². The number of fused-ring (bicyclic) bond motifs is 5. The van der Waals surface area contributed by atoms with E-state index in [9.17, 15) is 9.90 Å². The molecule has 1 N–H and O–H groups in total. The zero-order valence-corrected chi connectivity index (χ0v) is 23.2. The van der Waals surface area contributed by atoms with E-state index >= 15 is 0 Å². The molecule has 0 aromatic carbocycles. The van der Waals surface area contributed by atoms with Crippen LogP contribution in [0.15, 0.2) is 11.6 Å². The van der Waals surface area contributed by atoms with Crippen LogP contribution >= 0.6 is 0 Å². The Labute approximate surface area is 209 Å². The van der Waals surface area contributed by atoms with Crippen molar-refractivity contribution in [3.05, 3.63) is 11.6 Å². The van der Waals surface area contributed by atoms with E-state index in [2.05, 4.69) is 47.6 Å². The monoisotopic (exact) mass is 472 g/mol. The minimum Gasteiger partial charge on any atom is -0.469 e. The number of aliphatic hydroxyl groups excluding tert-OH is 1. The lowest BCUT2D eigenvalue weighted by Gasteiger charge is -2.67. The smallest absolute Gasteiger partial charge is 0.312 e. The van der Waals surface area contributed by atoms with Crippen molar-refractivity contribution < 1.29 is 14.6 Å². The molecule has 0 aromatic rings. The summed E-state index contributed by atoms with van der Waals surface area (Å²) in [6.45, 7) is 14.4. The third kappa shape index (κ3) is 3.91. The number of hydrogen-bond acceptors (Lipinski definition) is 3. The topological polar surface area (TPSA) is 46.5 Å². The number of carbonyl (C=O) groups is 1. The molecule has 0 saturated heterocycles. The molecule has 0 aromatic heterocycles. The summed E-state index contributed by atoms with van der Waals surface area (Å²) in [6, 6.07) is 0. The number of methoxy groups -OCH3 is 1.